The van der Waals surface area contributed by atoms with Crippen LogP contribution >= 0.6 is 0 Å². The van der Waals surface area contributed by atoms with Gasteiger partial charge >= 0.3 is 6.36 Å². The summed E-state index contributed by atoms with van der Waals surface area (Å²) < 4.78 is 40.7. The molecule has 0 saturated carbocycles. The zero-order valence-electron chi connectivity index (χ0n) is 10.1. The van der Waals surface area contributed by atoms with Gasteiger partial charge in [-0.3, -0.25) is 0 Å². The molecule has 0 saturated heterocycles. The molecular formula is C12H10F3N3O2. The third-order valence-corrected chi connectivity index (χ3v) is 2.23. The summed E-state index contributed by atoms with van der Waals surface area (Å²) in [7, 11) is 0. The van der Waals surface area contributed by atoms with E-state index in [4.69, 9.17) is 5.11 Å². The first-order valence-electron chi connectivity index (χ1n) is 5.52. The van der Waals surface area contributed by atoms with Gasteiger partial charge in [-0.15, -0.1) is 13.2 Å². The van der Waals surface area contributed by atoms with Crippen LogP contribution in [0.1, 0.15) is 5.69 Å². The van der Waals surface area contributed by atoms with Gasteiger partial charge in [-0.2, -0.15) is 0 Å². The van der Waals surface area contributed by atoms with E-state index in [0.29, 0.717) is 5.69 Å². The SMILES string of the molecule is OCc1ccnc(Nc2ccccc2OC(F)(F)F)n1. The summed E-state index contributed by atoms with van der Waals surface area (Å²) in [6, 6.07) is 7.02. The van der Waals surface area contributed by atoms with Gasteiger partial charge in [0, 0.05) is 6.20 Å². The molecule has 0 aliphatic carbocycles. The maximum atomic E-state index is 12.3. The van der Waals surface area contributed by atoms with E-state index in [1.165, 1.54) is 30.5 Å². The third kappa shape index (κ3) is 3.82. The Kier molecular flexibility index (Phi) is 4.04. The molecule has 1 aromatic heterocycles. The molecule has 1 aromatic carbocycles. The molecule has 2 N–H and O–H groups in total. The number of hydrogen-bond acceptors (Lipinski definition) is 5. The molecule has 0 unspecified atom stereocenters. The van der Waals surface area contributed by atoms with E-state index in [1.54, 1.807) is 6.07 Å². The quantitative estimate of drug-likeness (QED) is 0.903. The number of alkyl halides is 3. The van der Waals surface area contributed by atoms with Gasteiger partial charge in [0.1, 0.15) is 0 Å². The lowest BCUT2D eigenvalue weighted by molar-refractivity contribution is -0.274. The number of anilines is 2. The minimum absolute atomic E-state index is 0.0646. The number of aliphatic hydroxyl groups excluding tert-OH is 1. The van der Waals surface area contributed by atoms with Crippen molar-refractivity contribution in [1.82, 2.24) is 9.97 Å². The fraction of sp³-hybridized carbons (Fsp3) is 0.167. The molecule has 1 heterocycles. The van der Waals surface area contributed by atoms with E-state index >= 15 is 0 Å². The molecule has 0 spiro atoms. The number of nitrogens with one attached hydrogen (secondary N) is 1. The van der Waals surface area contributed by atoms with Gasteiger partial charge in [-0.05, 0) is 18.2 Å². The first-order valence-corrected chi connectivity index (χ1v) is 5.52. The van der Waals surface area contributed by atoms with Gasteiger partial charge in [0.2, 0.25) is 5.95 Å². The highest BCUT2D eigenvalue weighted by Crippen LogP contribution is 2.31. The number of aliphatic hydroxyl groups is 1. The van der Waals surface area contributed by atoms with Crippen molar-refractivity contribution in [2.45, 2.75) is 13.0 Å². The van der Waals surface area contributed by atoms with Crippen molar-refractivity contribution in [3.63, 3.8) is 0 Å². The van der Waals surface area contributed by atoms with Crippen molar-refractivity contribution in [2.24, 2.45) is 0 Å². The fourth-order valence-corrected chi connectivity index (χ4v) is 1.45. The normalized spacial score (nSPS) is 11.2. The van der Waals surface area contributed by atoms with Gasteiger partial charge in [0.05, 0.1) is 18.0 Å². The summed E-state index contributed by atoms with van der Waals surface area (Å²) in [5.74, 6) is -0.326. The summed E-state index contributed by atoms with van der Waals surface area (Å²) in [6.07, 6.45) is -3.40. The van der Waals surface area contributed by atoms with Crippen molar-refractivity contribution in [2.75, 3.05) is 5.32 Å². The van der Waals surface area contributed by atoms with Crippen LogP contribution in [0.3, 0.4) is 0 Å². The molecule has 0 amide bonds. The predicted molar refractivity (Wildman–Crippen MR) is 64.4 cm³/mol. The molecule has 0 aliphatic rings. The van der Waals surface area contributed by atoms with E-state index in [2.05, 4.69) is 20.0 Å². The number of ether oxygens (including phenoxy) is 1. The van der Waals surface area contributed by atoms with Gasteiger partial charge in [0.25, 0.3) is 0 Å². The van der Waals surface area contributed by atoms with Crippen LogP contribution in [0, 0.1) is 0 Å². The predicted octanol–water partition coefficient (Wildman–Crippen LogP) is 2.61. The van der Waals surface area contributed by atoms with E-state index in [0.717, 1.165) is 0 Å². The third-order valence-electron chi connectivity index (χ3n) is 2.23. The summed E-state index contributed by atoms with van der Waals surface area (Å²) in [6.45, 7) is -0.294. The minimum atomic E-state index is -4.79. The zero-order chi connectivity index (χ0) is 14.6. The van der Waals surface area contributed by atoms with Gasteiger partial charge < -0.3 is 15.2 Å². The zero-order valence-corrected chi connectivity index (χ0v) is 10.1. The van der Waals surface area contributed by atoms with Crippen LogP contribution in [-0.2, 0) is 6.61 Å². The Labute approximate surface area is 112 Å². The van der Waals surface area contributed by atoms with E-state index in [-0.39, 0.29) is 18.2 Å². The summed E-state index contributed by atoms with van der Waals surface area (Å²) >= 11 is 0. The summed E-state index contributed by atoms with van der Waals surface area (Å²) in [5, 5.41) is 11.6. The molecule has 20 heavy (non-hydrogen) atoms. The minimum Gasteiger partial charge on any atom is -0.404 e. The molecule has 0 fully saturated rings. The van der Waals surface area contributed by atoms with Crippen LogP contribution in [0.15, 0.2) is 36.5 Å². The standard InChI is InChI=1S/C12H10F3N3O2/c13-12(14,15)20-10-4-2-1-3-9(10)18-11-16-6-5-8(7-19)17-11/h1-6,19H,7H2,(H,16,17,18). The highest BCUT2D eigenvalue weighted by molar-refractivity contribution is 5.62. The van der Waals surface area contributed by atoms with Crippen molar-refractivity contribution >= 4 is 11.6 Å². The molecule has 2 aromatic rings. The average Bonchev–Trinajstić information content (AvgIpc) is 2.40. The highest BCUT2D eigenvalue weighted by Gasteiger charge is 2.32. The number of para-hydroxylation sites is 2. The maximum absolute atomic E-state index is 12.3. The van der Waals surface area contributed by atoms with Crippen molar-refractivity contribution < 1.29 is 23.0 Å². The Hall–Kier alpha value is -2.35. The van der Waals surface area contributed by atoms with Gasteiger partial charge in [-0.25, -0.2) is 9.97 Å². The maximum Gasteiger partial charge on any atom is 0.573 e. The van der Waals surface area contributed by atoms with Gasteiger partial charge in [0.15, 0.2) is 5.75 Å². The fourth-order valence-electron chi connectivity index (χ4n) is 1.45. The van der Waals surface area contributed by atoms with E-state index in [1.807, 2.05) is 0 Å². The molecule has 5 nitrogen and oxygen atoms in total. The molecular weight excluding hydrogens is 275 g/mol. The Morgan fingerprint density at radius 2 is 1.95 bits per heavy atom. The molecule has 2 rings (SSSR count). The smallest absolute Gasteiger partial charge is 0.404 e. The highest BCUT2D eigenvalue weighted by atomic mass is 19.4. The molecule has 0 radical (unpaired) electrons. The number of halogens is 3. The Balaban J connectivity index is 2.24. The molecule has 0 aliphatic heterocycles. The summed E-state index contributed by atoms with van der Waals surface area (Å²) in [5.41, 5.74) is 0.414. The van der Waals surface area contributed by atoms with E-state index in [9.17, 15) is 13.2 Å². The van der Waals surface area contributed by atoms with Crippen LogP contribution in [0.5, 0.6) is 5.75 Å². The van der Waals surface area contributed by atoms with Crippen LogP contribution in [0.25, 0.3) is 0 Å². The van der Waals surface area contributed by atoms with Crippen molar-refractivity contribution in [3.05, 3.63) is 42.2 Å². The number of nitrogens with zero attached hydrogens (tertiary/aromatic N) is 2. The number of rotatable bonds is 4. The lowest BCUT2D eigenvalue weighted by atomic mass is 10.3. The topological polar surface area (TPSA) is 67.3 Å². The second kappa shape index (κ2) is 5.74. The molecule has 106 valence electrons. The Morgan fingerprint density at radius 1 is 1.20 bits per heavy atom. The van der Waals surface area contributed by atoms with Crippen molar-refractivity contribution in [1.29, 1.82) is 0 Å². The van der Waals surface area contributed by atoms with Crippen LogP contribution < -0.4 is 10.1 Å². The second-order valence-corrected chi connectivity index (χ2v) is 3.70. The largest absolute Gasteiger partial charge is 0.573 e. The number of hydrogen-bond donors (Lipinski definition) is 2. The first-order chi connectivity index (χ1) is 9.48. The molecule has 0 bridgehead atoms. The molecule has 8 heteroatoms. The Morgan fingerprint density at radius 3 is 2.65 bits per heavy atom. The lowest BCUT2D eigenvalue weighted by Gasteiger charge is -2.13. The Bertz CT molecular complexity index is 590. The second-order valence-electron chi connectivity index (χ2n) is 3.70. The van der Waals surface area contributed by atoms with Gasteiger partial charge in [-0.1, -0.05) is 12.1 Å². The van der Waals surface area contributed by atoms with E-state index < -0.39 is 12.1 Å². The van der Waals surface area contributed by atoms with Crippen LogP contribution in [0.4, 0.5) is 24.8 Å². The number of aromatic nitrogens is 2. The van der Waals surface area contributed by atoms with Crippen LogP contribution in [0.2, 0.25) is 0 Å². The van der Waals surface area contributed by atoms with Crippen LogP contribution in [-0.4, -0.2) is 21.4 Å². The number of benzene rings is 1. The lowest BCUT2D eigenvalue weighted by Crippen LogP contribution is -2.18. The molecule has 0 atom stereocenters. The summed E-state index contributed by atoms with van der Waals surface area (Å²) in [4.78, 5) is 7.77. The first kappa shape index (κ1) is 14.1. The van der Waals surface area contributed by atoms with Crippen molar-refractivity contribution in [3.8, 4) is 5.75 Å². The average molecular weight is 285 g/mol. The monoisotopic (exact) mass is 285 g/mol.